The Labute approximate surface area is 127 Å². The number of hydrogen-bond donors (Lipinski definition) is 2. The number of anilines is 1. The second-order valence-corrected chi connectivity index (χ2v) is 4.91. The summed E-state index contributed by atoms with van der Waals surface area (Å²) in [4.78, 5) is 16.1. The number of rotatable bonds is 4. The van der Waals surface area contributed by atoms with Crippen molar-refractivity contribution in [3.63, 3.8) is 0 Å². The van der Waals surface area contributed by atoms with Crippen molar-refractivity contribution in [2.24, 2.45) is 0 Å². The molecule has 0 bridgehead atoms. The van der Waals surface area contributed by atoms with Gasteiger partial charge in [0.25, 0.3) is 0 Å². The van der Waals surface area contributed by atoms with Gasteiger partial charge in [0, 0.05) is 23.8 Å². The van der Waals surface area contributed by atoms with E-state index in [-0.39, 0.29) is 18.1 Å². The number of carbonyl (C=O) groups is 1. The maximum absolute atomic E-state index is 12.1. The number of carbonyl (C=O) groups excluding carboxylic acids is 1. The standard InChI is InChI=1S/C17H15N3O2/c21-16-6-4-13(5-7-16)10-17(22)19-14-2-1-3-15(11-14)20-9-8-18-12-20/h1-9,11-12,21H,10H2,(H,19,22). The molecule has 0 fully saturated rings. The largest absolute Gasteiger partial charge is 0.508 e. The molecule has 0 saturated heterocycles. The molecule has 1 amide bonds. The first kappa shape index (κ1) is 13.9. The summed E-state index contributed by atoms with van der Waals surface area (Å²) in [6.07, 6.45) is 5.51. The first-order chi connectivity index (χ1) is 10.7. The number of imidazole rings is 1. The molecule has 5 nitrogen and oxygen atoms in total. The van der Waals surface area contributed by atoms with Gasteiger partial charge in [-0.1, -0.05) is 18.2 Å². The van der Waals surface area contributed by atoms with Crippen LogP contribution in [0.4, 0.5) is 5.69 Å². The summed E-state index contributed by atoms with van der Waals surface area (Å²) in [6.45, 7) is 0. The van der Waals surface area contributed by atoms with Gasteiger partial charge in [-0.05, 0) is 35.9 Å². The lowest BCUT2D eigenvalue weighted by atomic mass is 10.1. The molecule has 1 heterocycles. The second-order valence-electron chi connectivity index (χ2n) is 4.91. The molecule has 0 aliphatic rings. The number of nitrogens with zero attached hydrogens (tertiary/aromatic N) is 2. The third-order valence-electron chi connectivity index (χ3n) is 3.23. The zero-order valence-electron chi connectivity index (χ0n) is 11.8. The van der Waals surface area contributed by atoms with E-state index in [4.69, 9.17) is 0 Å². The molecule has 0 atom stereocenters. The number of phenolic OH excluding ortho intramolecular Hbond substituents is 1. The third kappa shape index (κ3) is 3.32. The topological polar surface area (TPSA) is 67.2 Å². The van der Waals surface area contributed by atoms with Gasteiger partial charge in [-0.2, -0.15) is 0 Å². The van der Waals surface area contributed by atoms with Gasteiger partial charge >= 0.3 is 0 Å². The Bertz CT molecular complexity index is 765. The van der Waals surface area contributed by atoms with E-state index in [0.717, 1.165) is 16.9 Å². The molecule has 0 unspecified atom stereocenters. The molecule has 0 spiro atoms. The van der Waals surface area contributed by atoms with Crippen LogP contribution in [0.1, 0.15) is 5.56 Å². The first-order valence-electron chi connectivity index (χ1n) is 6.87. The van der Waals surface area contributed by atoms with Crippen LogP contribution in [-0.2, 0) is 11.2 Å². The Hall–Kier alpha value is -3.08. The van der Waals surface area contributed by atoms with Crippen molar-refractivity contribution in [2.75, 3.05) is 5.32 Å². The van der Waals surface area contributed by atoms with Crippen molar-refractivity contribution in [1.82, 2.24) is 9.55 Å². The summed E-state index contributed by atoms with van der Waals surface area (Å²) in [5, 5.41) is 12.1. The van der Waals surface area contributed by atoms with Crippen molar-refractivity contribution in [3.8, 4) is 11.4 Å². The summed E-state index contributed by atoms with van der Waals surface area (Å²) in [7, 11) is 0. The number of aromatic hydroxyl groups is 1. The molecule has 1 aromatic heterocycles. The van der Waals surface area contributed by atoms with Gasteiger partial charge in [-0.15, -0.1) is 0 Å². The summed E-state index contributed by atoms with van der Waals surface area (Å²) < 4.78 is 1.87. The van der Waals surface area contributed by atoms with E-state index in [2.05, 4.69) is 10.3 Å². The van der Waals surface area contributed by atoms with Crippen molar-refractivity contribution < 1.29 is 9.90 Å². The molecule has 0 aliphatic heterocycles. The summed E-state index contributed by atoms with van der Waals surface area (Å²) in [5.74, 6) is 0.0886. The van der Waals surface area contributed by atoms with E-state index >= 15 is 0 Å². The predicted molar refractivity (Wildman–Crippen MR) is 84.0 cm³/mol. The molecule has 2 aromatic carbocycles. The normalized spacial score (nSPS) is 10.4. The van der Waals surface area contributed by atoms with Crippen molar-refractivity contribution in [1.29, 1.82) is 0 Å². The Balaban J connectivity index is 1.69. The molecule has 0 radical (unpaired) electrons. The molecule has 22 heavy (non-hydrogen) atoms. The Morgan fingerprint density at radius 3 is 2.73 bits per heavy atom. The van der Waals surface area contributed by atoms with Gasteiger partial charge in [0.05, 0.1) is 12.7 Å². The molecular formula is C17H15N3O2. The average molecular weight is 293 g/mol. The van der Waals surface area contributed by atoms with Crippen LogP contribution in [0.15, 0.2) is 67.3 Å². The van der Waals surface area contributed by atoms with Crippen LogP contribution in [0.2, 0.25) is 0 Å². The molecule has 0 saturated carbocycles. The first-order valence-corrected chi connectivity index (χ1v) is 6.87. The van der Waals surface area contributed by atoms with E-state index in [1.807, 2.05) is 35.0 Å². The highest BCUT2D eigenvalue weighted by molar-refractivity contribution is 5.92. The fourth-order valence-corrected chi connectivity index (χ4v) is 2.16. The highest BCUT2D eigenvalue weighted by atomic mass is 16.3. The minimum atomic E-state index is -0.103. The maximum atomic E-state index is 12.1. The Morgan fingerprint density at radius 2 is 2.00 bits per heavy atom. The minimum Gasteiger partial charge on any atom is -0.508 e. The highest BCUT2D eigenvalue weighted by Gasteiger charge is 2.05. The average Bonchev–Trinajstić information content (AvgIpc) is 3.04. The fourth-order valence-electron chi connectivity index (χ4n) is 2.16. The number of benzene rings is 2. The number of nitrogens with one attached hydrogen (secondary N) is 1. The molecule has 5 heteroatoms. The smallest absolute Gasteiger partial charge is 0.228 e. The third-order valence-corrected chi connectivity index (χ3v) is 3.23. The Kier molecular flexibility index (Phi) is 3.87. The molecule has 3 rings (SSSR count). The summed E-state index contributed by atoms with van der Waals surface area (Å²) in [6, 6.07) is 14.2. The summed E-state index contributed by atoms with van der Waals surface area (Å²) >= 11 is 0. The van der Waals surface area contributed by atoms with Crippen LogP contribution in [0.3, 0.4) is 0 Å². The number of hydrogen-bond acceptors (Lipinski definition) is 3. The summed E-state index contributed by atoms with van der Waals surface area (Å²) in [5.41, 5.74) is 2.51. The lowest BCUT2D eigenvalue weighted by Crippen LogP contribution is -2.14. The van der Waals surface area contributed by atoms with Crippen molar-refractivity contribution in [3.05, 3.63) is 72.8 Å². The second kappa shape index (κ2) is 6.13. The van der Waals surface area contributed by atoms with Gasteiger partial charge in [-0.25, -0.2) is 4.98 Å². The van der Waals surface area contributed by atoms with Crippen molar-refractivity contribution >= 4 is 11.6 Å². The number of aromatic nitrogens is 2. The molecule has 3 aromatic rings. The van der Waals surface area contributed by atoms with Crippen LogP contribution in [0.25, 0.3) is 5.69 Å². The van der Waals surface area contributed by atoms with Gasteiger partial charge in [-0.3, -0.25) is 4.79 Å². The lowest BCUT2D eigenvalue weighted by molar-refractivity contribution is -0.115. The van der Waals surface area contributed by atoms with Gasteiger partial charge in [0.1, 0.15) is 5.75 Å². The van der Waals surface area contributed by atoms with Crippen LogP contribution in [0.5, 0.6) is 5.75 Å². The minimum absolute atomic E-state index is 0.103. The SMILES string of the molecule is O=C(Cc1ccc(O)cc1)Nc1cccc(-n2ccnc2)c1. The van der Waals surface area contributed by atoms with Crippen LogP contribution in [0, 0.1) is 0 Å². The van der Waals surface area contributed by atoms with Crippen molar-refractivity contribution in [2.45, 2.75) is 6.42 Å². The van der Waals surface area contributed by atoms with E-state index in [1.165, 1.54) is 0 Å². The van der Waals surface area contributed by atoms with E-state index in [9.17, 15) is 9.90 Å². The fraction of sp³-hybridized carbons (Fsp3) is 0.0588. The number of phenols is 1. The van der Waals surface area contributed by atoms with E-state index in [0.29, 0.717) is 0 Å². The van der Waals surface area contributed by atoms with Crippen LogP contribution < -0.4 is 5.32 Å². The zero-order valence-corrected chi connectivity index (χ0v) is 11.8. The van der Waals surface area contributed by atoms with Crippen LogP contribution >= 0.6 is 0 Å². The highest BCUT2D eigenvalue weighted by Crippen LogP contribution is 2.15. The van der Waals surface area contributed by atoms with E-state index < -0.39 is 0 Å². The quantitative estimate of drug-likeness (QED) is 0.777. The lowest BCUT2D eigenvalue weighted by Gasteiger charge is -2.08. The van der Waals surface area contributed by atoms with Gasteiger partial charge < -0.3 is 15.0 Å². The predicted octanol–water partition coefficient (Wildman–Crippen LogP) is 2.76. The molecule has 0 aliphatic carbocycles. The molecule has 2 N–H and O–H groups in total. The maximum Gasteiger partial charge on any atom is 0.228 e. The van der Waals surface area contributed by atoms with Gasteiger partial charge in [0.15, 0.2) is 0 Å². The Morgan fingerprint density at radius 1 is 1.18 bits per heavy atom. The van der Waals surface area contributed by atoms with Crippen LogP contribution in [-0.4, -0.2) is 20.6 Å². The van der Waals surface area contributed by atoms with Gasteiger partial charge in [0.2, 0.25) is 5.91 Å². The van der Waals surface area contributed by atoms with E-state index in [1.54, 1.807) is 36.8 Å². The molecule has 110 valence electrons. The molecular weight excluding hydrogens is 278 g/mol. The monoisotopic (exact) mass is 293 g/mol. The number of amides is 1. The zero-order chi connectivity index (χ0) is 15.4.